The predicted octanol–water partition coefficient (Wildman–Crippen LogP) is 6.86. The van der Waals surface area contributed by atoms with Crippen molar-refractivity contribution in [3.63, 3.8) is 0 Å². The van der Waals surface area contributed by atoms with Gasteiger partial charge in [-0.05, 0) is 73.3 Å². The molecule has 0 aliphatic heterocycles. The molecule has 0 atom stereocenters. The number of halogens is 1. The van der Waals surface area contributed by atoms with Crippen molar-refractivity contribution in [1.82, 2.24) is 0 Å². The summed E-state index contributed by atoms with van der Waals surface area (Å²) < 4.78 is 0. The molecule has 0 radical (unpaired) electrons. The van der Waals surface area contributed by atoms with Crippen molar-refractivity contribution in [2.24, 2.45) is 5.92 Å². The summed E-state index contributed by atoms with van der Waals surface area (Å²) in [7, 11) is 0. The fraction of sp³-hybridized carbons (Fsp3) is 0.333. The SMILES string of the molecule is CC=C[C@H]1CC[C@H](c2ccc(-c3ccc(Cl)cc3)cc2)CC1. The molecule has 0 nitrogen and oxygen atoms in total. The van der Waals surface area contributed by atoms with Gasteiger partial charge in [-0.3, -0.25) is 0 Å². The number of allylic oxidation sites excluding steroid dienone is 2. The van der Waals surface area contributed by atoms with E-state index in [0.29, 0.717) is 0 Å². The van der Waals surface area contributed by atoms with Crippen LogP contribution in [-0.4, -0.2) is 0 Å². The minimum atomic E-state index is 0.737. The van der Waals surface area contributed by atoms with E-state index in [4.69, 9.17) is 11.6 Å². The Kier molecular flexibility index (Phi) is 5.00. The maximum Gasteiger partial charge on any atom is 0.0406 e. The molecule has 0 aromatic heterocycles. The highest BCUT2D eigenvalue weighted by Gasteiger charge is 2.20. The zero-order chi connectivity index (χ0) is 15.4. The van der Waals surface area contributed by atoms with E-state index in [1.807, 2.05) is 12.1 Å². The minimum Gasteiger partial charge on any atom is -0.0914 e. The van der Waals surface area contributed by atoms with Crippen LogP contribution in [0.25, 0.3) is 11.1 Å². The molecule has 2 aromatic carbocycles. The summed E-state index contributed by atoms with van der Waals surface area (Å²) in [6, 6.07) is 17.2. The average Bonchev–Trinajstić information content (AvgIpc) is 2.57. The van der Waals surface area contributed by atoms with Gasteiger partial charge >= 0.3 is 0 Å². The summed E-state index contributed by atoms with van der Waals surface area (Å²) in [5, 5.41) is 0.790. The molecule has 1 saturated carbocycles. The monoisotopic (exact) mass is 310 g/mol. The maximum atomic E-state index is 5.96. The highest BCUT2D eigenvalue weighted by atomic mass is 35.5. The fourth-order valence-electron chi connectivity index (χ4n) is 3.51. The Hall–Kier alpha value is -1.53. The Morgan fingerprint density at radius 1 is 0.818 bits per heavy atom. The average molecular weight is 311 g/mol. The predicted molar refractivity (Wildman–Crippen MR) is 96.4 cm³/mol. The molecule has 0 unspecified atom stereocenters. The van der Waals surface area contributed by atoms with Gasteiger partial charge in [-0.15, -0.1) is 0 Å². The van der Waals surface area contributed by atoms with E-state index in [2.05, 4.69) is 55.5 Å². The molecule has 0 heterocycles. The van der Waals surface area contributed by atoms with Crippen LogP contribution in [0.5, 0.6) is 0 Å². The Labute approximate surface area is 138 Å². The molecule has 0 spiro atoms. The Balaban J connectivity index is 1.68. The lowest BCUT2D eigenvalue weighted by atomic mass is 9.78. The van der Waals surface area contributed by atoms with Crippen LogP contribution in [-0.2, 0) is 0 Å². The van der Waals surface area contributed by atoms with Crippen LogP contribution in [0.15, 0.2) is 60.7 Å². The van der Waals surface area contributed by atoms with E-state index in [1.165, 1.54) is 42.4 Å². The second-order valence-electron chi connectivity index (χ2n) is 6.27. The largest absolute Gasteiger partial charge is 0.0914 e. The zero-order valence-corrected chi connectivity index (χ0v) is 13.9. The highest BCUT2D eigenvalue weighted by Crippen LogP contribution is 2.36. The topological polar surface area (TPSA) is 0 Å². The van der Waals surface area contributed by atoms with Crippen LogP contribution >= 0.6 is 11.6 Å². The minimum absolute atomic E-state index is 0.737. The summed E-state index contributed by atoms with van der Waals surface area (Å²) in [5.74, 6) is 1.54. The van der Waals surface area contributed by atoms with Crippen LogP contribution in [0.3, 0.4) is 0 Å². The number of hydrogen-bond donors (Lipinski definition) is 0. The third-order valence-corrected chi connectivity index (χ3v) is 5.05. The summed E-state index contributed by atoms with van der Waals surface area (Å²) in [6.07, 6.45) is 9.86. The van der Waals surface area contributed by atoms with Gasteiger partial charge in [-0.1, -0.05) is 60.2 Å². The van der Waals surface area contributed by atoms with Gasteiger partial charge < -0.3 is 0 Å². The molecule has 1 aliphatic carbocycles. The lowest BCUT2D eigenvalue weighted by Crippen LogP contribution is -2.11. The third-order valence-electron chi connectivity index (χ3n) is 4.80. The molecule has 1 aliphatic rings. The lowest BCUT2D eigenvalue weighted by Gasteiger charge is -2.27. The normalized spacial score (nSPS) is 22.1. The van der Waals surface area contributed by atoms with Crippen molar-refractivity contribution in [2.45, 2.75) is 38.5 Å². The summed E-state index contributed by atoms with van der Waals surface area (Å²) in [4.78, 5) is 0. The second-order valence-corrected chi connectivity index (χ2v) is 6.70. The van der Waals surface area contributed by atoms with Crippen LogP contribution in [0, 0.1) is 5.92 Å². The van der Waals surface area contributed by atoms with E-state index < -0.39 is 0 Å². The Morgan fingerprint density at radius 2 is 1.36 bits per heavy atom. The zero-order valence-electron chi connectivity index (χ0n) is 13.1. The molecule has 3 rings (SSSR count). The maximum absolute atomic E-state index is 5.96. The summed E-state index contributed by atoms with van der Waals surface area (Å²) in [5.41, 5.74) is 3.99. The molecular weight excluding hydrogens is 288 g/mol. The van der Waals surface area contributed by atoms with Gasteiger partial charge in [0.05, 0.1) is 0 Å². The quantitative estimate of drug-likeness (QED) is 0.543. The molecule has 22 heavy (non-hydrogen) atoms. The molecule has 1 heteroatoms. The highest BCUT2D eigenvalue weighted by molar-refractivity contribution is 6.30. The van der Waals surface area contributed by atoms with Crippen LogP contribution in [0.4, 0.5) is 0 Å². The first-order valence-electron chi connectivity index (χ1n) is 8.25. The molecule has 114 valence electrons. The van der Waals surface area contributed by atoms with E-state index in [-0.39, 0.29) is 0 Å². The van der Waals surface area contributed by atoms with Crippen molar-refractivity contribution < 1.29 is 0 Å². The molecular formula is C21H23Cl. The van der Waals surface area contributed by atoms with Gasteiger partial charge in [-0.25, -0.2) is 0 Å². The van der Waals surface area contributed by atoms with Gasteiger partial charge in [0.25, 0.3) is 0 Å². The molecule has 0 saturated heterocycles. The van der Waals surface area contributed by atoms with E-state index >= 15 is 0 Å². The fourth-order valence-corrected chi connectivity index (χ4v) is 3.63. The molecule has 0 amide bonds. The first-order chi connectivity index (χ1) is 10.8. The van der Waals surface area contributed by atoms with Crippen molar-refractivity contribution in [3.05, 3.63) is 71.3 Å². The molecule has 2 aromatic rings. The third kappa shape index (κ3) is 3.62. The summed E-state index contributed by atoms with van der Waals surface area (Å²) >= 11 is 5.96. The molecule has 0 bridgehead atoms. The molecule has 1 fully saturated rings. The lowest BCUT2D eigenvalue weighted by molar-refractivity contribution is 0.376. The van der Waals surface area contributed by atoms with Crippen molar-refractivity contribution >= 4 is 11.6 Å². The van der Waals surface area contributed by atoms with Crippen molar-refractivity contribution in [2.75, 3.05) is 0 Å². The van der Waals surface area contributed by atoms with Crippen LogP contribution < -0.4 is 0 Å². The van der Waals surface area contributed by atoms with Gasteiger partial charge in [0, 0.05) is 5.02 Å². The van der Waals surface area contributed by atoms with Gasteiger partial charge in [-0.2, -0.15) is 0 Å². The molecule has 0 N–H and O–H groups in total. The van der Waals surface area contributed by atoms with Gasteiger partial charge in [0.1, 0.15) is 0 Å². The number of hydrogen-bond acceptors (Lipinski definition) is 0. The smallest absolute Gasteiger partial charge is 0.0406 e. The first kappa shape index (κ1) is 15.4. The Morgan fingerprint density at radius 3 is 1.91 bits per heavy atom. The summed E-state index contributed by atoms with van der Waals surface area (Å²) in [6.45, 7) is 2.13. The van der Waals surface area contributed by atoms with E-state index in [0.717, 1.165) is 16.9 Å². The second kappa shape index (κ2) is 7.15. The Bertz CT molecular complexity index is 614. The van der Waals surface area contributed by atoms with Crippen molar-refractivity contribution in [1.29, 1.82) is 0 Å². The first-order valence-corrected chi connectivity index (χ1v) is 8.63. The van der Waals surface area contributed by atoms with Gasteiger partial charge in [0.15, 0.2) is 0 Å². The van der Waals surface area contributed by atoms with E-state index in [1.54, 1.807) is 0 Å². The van der Waals surface area contributed by atoms with E-state index in [9.17, 15) is 0 Å². The standard InChI is InChI=1S/C21H23Cl/c1-2-3-16-4-6-17(7-5-16)18-8-10-19(11-9-18)20-12-14-21(22)15-13-20/h2-3,8-17H,4-7H2,1H3/t16-,17-. The number of benzene rings is 2. The van der Waals surface area contributed by atoms with Crippen LogP contribution in [0.1, 0.15) is 44.1 Å². The van der Waals surface area contributed by atoms with Crippen molar-refractivity contribution in [3.8, 4) is 11.1 Å². The number of rotatable bonds is 3. The van der Waals surface area contributed by atoms with Crippen LogP contribution in [0.2, 0.25) is 5.02 Å². The van der Waals surface area contributed by atoms with Gasteiger partial charge in [0.2, 0.25) is 0 Å².